The molecule has 0 rings (SSSR count). The fourth-order valence-corrected chi connectivity index (χ4v) is 10.1. The molecule has 0 aromatic carbocycles. The number of carbonyl (C=O) groups is 3. The molecule has 0 saturated heterocycles. The van der Waals surface area contributed by atoms with Crippen LogP contribution in [-0.2, 0) is 28.6 Å². The van der Waals surface area contributed by atoms with Crippen LogP contribution in [0.15, 0.2) is 0 Å². The second kappa shape index (κ2) is 57.7. The predicted molar refractivity (Wildman–Crippen MR) is 307 cm³/mol. The summed E-state index contributed by atoms with van der Waals surface area (Å²) in [4.78, 5) is 38.3. The molecule has 0 aromatic heterocycles. The lowest BCUT2D eigenvalue weighted by Crippen LogP contribution is -2.30. The van der Waals surface area contributed by atoms with Gasteiger partial charge in [0.1, 0.15) is 13.2 Å². The molecule has 0 aliphatic heterocycles. The first-order valence-electron chi connectivity index (χ1n) is 32.2. The summed E-state index contributed by atoms with van der Waals surface area (Å²) >= 11 is 0. The minimum atomic E-state index is -0.764. The molecule has 0 aliphatic carbocycles. The van der Waals surface area contributed by atoms with Gasteiger partial charge in [0.05, 0.1) is 0 Å². The van der Waals surface area contributed by atoms with Crippen molar-refractivity contribution in [3.05, 3.63) is 0 Å². The van der Waals surface area contributed by atoms with Gasteiger partial charge < -0.3 is 14.2 Å². The van der Waals surface area contributed by atoms with Gasteiger partial charge in [-0.05, 0) is 31.1 Å². The Morgan fingerprint density at radius 2 is 0.465 bits per heavy atom. The van der Waals surface area contributed by atoms with Crippen LogP contribution in [0.25, 0.3) is 0 Å². The summed E-state index contributed by atoms with van der Waals surface area (Å²) in [6, 6.07) is 0. The van der Waals surface area contributed by atoms with Crippen molar-refractivity contribution in [2.75, 3.05) is 13.2 Å². The van der Waals surface area contributed by atoms with Crippen molar-refractivity contribution >= 4 is 17.9 Å². The first-order valence-corrected chi connectivity index (χ1v) is 32.2. The molecule has 0 spiro atoms. The van der Waals surface area contributed by atoms with Gasteiger partial charge >= 0.3 is 17.9 Å². The summed E-state index contributed by atoms with van der Waals surface area (Å²) in [7, 11) is 0. The number of esters is 3. The van der Waals surface area contributed by atoms with Gasteiger partial charge in [-0.25, -0.2) is 0 Å². The number of hydrogen-bond acceptors (Lipinski definition) is 6. The lowest BCUT2D eigenvalue weighted by molar-refractivity contribution is -0.167. The van der Waals surface area contributed by atoms with Crippen molar-refractivity contribution in [1.82, 2.24) is 0 Å². The van der Waals surface area contributed by atoms with E-state index in [1.54, 1.807) is 0 Å². The Bertz CT molecular complexity index is 1090. The molecule has 0 aliphatic rings. The average molecular weight is 1000 g/mol. The van der Waals surface area contributed by atoms with Crippen LogP contribution >= 0.6 is 0 Å². The van der Waals surface area contributed by atoms with Gasteiger partial charge in [-0.3, -0.25) is 14.4 Å². The van der Waals surface area contributed by atoms with Gasteiger partial charge in [-0.15, -0.1) is 0 Å². The van der Waals surface area contributed by atoms with E-state index in [0.717, 1.165) is 69.6 Å². The highest BCUT2D eigenvalue weighted by molar-refractivity contribution is 5.71. The summed E-state index contributed by atoms with van der Waals surface area (Å²) in [5, 5.41) is 0. The average Bonchev–Trinajstić information content (AvgIpc) is 3.35. The molecular weight excluding hydrogens is 877 g/mol. The van der Waals surface area contributed by atoms with Crippen LogP contribution in [0.2, 0.25) is 0 Å². The zero-order valence-corrected chi connectivity index (χ0v) is 48.9. The van der Waals surface area contributed by atoms with Crippen molar-refractivity contribution in [2.24, 2.45) is 11.8 Å². The van der Waals surface area contributed by atoms with Gasteiger partial charge in [0, 0.05) is 19.3 Å². The fraction of sp³-hybridized carbons (Fsp3) is 0.954. The van der Waals surface area contributed by atoms with Crippen molar-refractivity contribution in [3.8, 4) is 0 Å². The molecule has 71 heavy (non-hydrogen) atoms. The summed E-state index contributed by atoms with van der Waals surface area (Å²) < 4.78 is 17.0. The second-order valence-electron chi connectivity index (χ2n) is 23.4. The highest BCUT2D eigenvalue weighted by atomic mass is 16.6. The van der Waals surface area contributed by atoms with Crippen LogP contribution < -0.4 is 0 Å². The van der Waals surface area contributed by atoms with Crippen LogP contribution in [-0.4, -0.2) is 37.2 Å². The molecule has 0 bridgehead atoms. The molecule has 1 atom stereocenters. The van der Waals surface area contributed by atoms with E-state index < -0.39 is 6.10 Å². The number of rotatable bonds is 59. The minimum Gasteiger partial charge on any atom is -0.462 e. The predicted octanol–water partition coefficient (Wildman–Crippen LogP) is 21.6. The third-order valence-electron chi connectivity index (χ3n) is 15.0. The summed E-state index contributed by atoms with van der Waals surface area (Å²) in [6.45, 7) is 11.5. The monoisotopic (exact) mass is 1000 g/mol. The van der Waals surface area contributed by atoms with E-state index in [9.17, 15) is 14.4 Å². The zero-order chi connectivity index (χ0) is 51.8. The van der Waals surface area contributed by atoms with E-state index in [-0.39, 0.29) is 31.1 Å². The molecule has 6 heteroatoms. The zero-order valence-electron chi connectivity index (χ0n) is 48.9. The molecular formula is C65H126O6. The fourth-order valence-electron chi connectivity index (χ4n) is 10.1. The Morgan fingerprint density at radius 3 is 0.690 bits per heavy atom. The number of ether oxygens (including phenoxy) is 3. The van der Waals surface area contributed by atoms with E-state index in [2.05, 4.69) is 34.6 Å². The highest BCUT2D eigenvalue weighted by Crippen LogP contribution is 2.19. The van der Waals surface area contributed by atoms with Crippen molar-refractivity contribution < 1.29 is 28.6 Å². The van der Waals surface area contributed by atoms with Gasteiger partial charge in [0.15, 0.2) is 6.10 Å². The number of carbonyl (C=O) groups excluding carboxylic acids is 3. The second-order valence-corrected chi connectivity index (χ2v) is 23.4. The number of hydrogen-bond donors (Lipinski definition) is 0. The summed E-state index contributed by atoms with van der Waals surface area (Å²) in [5.41, 5.74) is 0. The van der Waals surface area contributed by atoms with Crippen LogP contribution in [0, 0.1) is 11.8 Å². The van der Waals surface area contributed by atoms with E-state index in [1.807, 2.05) is 0 Å². The van der Waals surface area contributed by atoms with Crippen LogP contribution in [0.5, 0.6) is 0 Å². The van der Waals surface area contributed by atoms with Crippen LogP contribution in [0.3, 0.4) is 0 Å². The van der Waals surface area contributed by atoms with Gasteiger partial charge in [0.25, 0.3) is 0 Å². The van der Waals surface area contributed by atoms with E-state index in [4.69, 9.17) is 14.2 Å². The smallest absolute Gasteiger partial charge is 0.306 e. The topological polar surface area (TPSA) is 78.9 Å². The molecule has 0 heterocycles. The standard InChI is InChI=1S/C65H126O6/c1-6-7-8-9-10-11-12-13-14-15-19-25-30-35-40-45-50-55-63(66)69-58-62(71-65(68)57-52-47-42-37-32-27-22-21-24-29-34-39-44-49-54-61(4)5)59-70-64(67)56-51-46-41-36-31-26-20-17-16-18-23-28-33-38-43-48-53-60(2)3/h60-62H,6-59H2,1-5H3/t62-/m0/s1. The van der Waals surface area contributed by atoms with Crippen molar-refractivity contribution in [1.29, 1.82) is 0 Å². The summed E-state index contributed by atoms with van der Waals surface area (Å²) in [6.07, 6.45) is 63.9. The Morgan fingerprint density at radius 1 is 0.268 bits per heavy atom. The third kappa shape index (κ3) is 59.2. The maximum absolute atomic E-state index is 12.9. The molecule has 0 saturated carbocycles. The number of unbranched alkanes of at least 4 members (excludes halogenated alkanes) is 44. The minimum absolute atomic E-state index is 0.0617. The highest BCUT2D eigenvalue weighted by Gasteiger charge is 2.19. The van der Waals surface area contributed by atoms with Crippen molar-refractivity contribution in [3.63, 3.8) is 0 Å². The van der Waals surface area contributed by atoms with Crippen LogP contribution in [0.4, 0.5) is 0 Å². The molecule has 0 amide bonds. The van der Waals surface area contributed by atoms with E-state index >= 15 is 0 Å². The Labute approximate surface area is 444 Å². The lowest BCUT2D eigenvalue weighted by atomic mass is 10.0. The van der Waals surface area contributed by atoms with Crippen LogP contribution in [0.1, 0.15) is 369 Å². The maximum atomic E-state index is 12.9. The van der Waals surface area contributed by atoms with E-state index in [1.165, 1.54) is 257 Å². The quantitative estimate of drug-likeness (QED) is 0.0343. The van der Waals surface area contributed by atoms with Crippen molar-refractivity contribution in [2.45, 2.75) is 375 Å². The van der Waals surface area contributed by atoms with Gasteiger partial charge in [0.2, 0.25) is 0 Å². The molecule has 0 N–H and O–H groups in total. The maximum Gasteiger partial charge on any atom is 0.306 e. The largest absolute Gasteiger partial charge is 0.462 e. The molecule has 0 fully saturated rings. The summed E-state index contributed by atoms with van der Waals surface area (Å²) in [5.74, 6) is 0.866. The third-order valence-corrected chi connectivity index (χ3v) is 15.0. The Hall–Kier alpha value is -1.59. The molecule has 422 valence electrons. The Kier molecular flexibility index (Phi) is 56.4. The van der Waals surface area contributed by atoms with E-state index in [0.29, 0.717) is 19.3 Å². The molecule has 0 aromatic rings. The van der Waals surface area contributed by atoms with Gasteiger partial charge in [-0.2, -0.15) is 0 Å². The first kappa shape index (κ1) is 69.4. The SMILES string of the molecule is CCCCCCCCCCCCCCCCCCCC(=O)OC[C@@H](COC(=O)CCCCCCCCCCCCCCCCCCC(C)C)OC(=O)CCCCCCCCCCCCCCCCC(C)C. The molecule has 0 radical (unpaired) electrons. The molecule has 0 unspecified atom stereocenters. The lowest BCUT2D eigenvalue weighted by Gasteiger charge is -2.18. The molecule has 6 nitrogen and oxygen atoms in total. The van der Waals surface area contributed by atoms with Gasteiger partial charge in [-0.1, -0.05) is 330 Å². The Balaban J connectivity index is 4.29. The normalized spacial score (nSPS) is 12.0. The first-order chi connectivity index (χ1) is 34.7.